The van der Waals surface area contributed by atoms with E-state index in [9.17, 15) is 4.79 Å². The van der Waals surface area contributed by atoms with Gasteiger partial charge in [-0.25, -0.2) is 4.79 Å². The number of carbonyl (C=O) groups is 1. The summed E-state index contributed by atoms with van der Waals surface area (Å²) in [6, 6.07) is -0.223. The largest absolute Gasteiger partial charge is 0.444 e. The van der Waals surface area contributed by atoms with Gasteiger partial charge in [0, 0.05) is 6.04 Å². The third kappa shape index (κ3) is 3.36. The van der Waals surface area contributed by atoms with Crippen molar-refractivity contribution in [2.75, 3.05) is 6.61 Å². The molecule has 2 atom stereocenters. The first-order valence-corrected chi connectivity index (χ1v) is 6.50. The molecule has 0 saturated carbocycles. The molecule has 1 aliphatic rings. The number of hydrogen-bond acceptors (Lipinski definition) is 4. The van der Waals surface area contributed by atoms with Gasteiger partial charge in [-0.2, -0.15) is 0 Å². The van der Waals surface area contributed by atoms with Crippen molar-refractivity contribution in [2.24, 2.45) is 5.73 Å². The van der Waals surface area contributed by atoms with E-state index < -0.39 is 11.3 Å². The average Bonchev–Trinajstić information content (AvgIpc) is 2.50. The smallest absolute Gasteiger partial charge is 0.412 e. The molecule has 106 valence electrons. The van der Waals surface area contributed by atoms with Crippen molar-refractivity contribution >= 4 is 6.09 Å². The molecule has 1 saturated heterocycles. The van der Waals surface area contributed by atoms with Crippen molar-refractivity contribution in [3.63, 3.8) is 0 Å². The van der Waals surface area contributed by atoms with Crippen LogP contribution in [0.4, 0.5) is 4.79 Å². The second kappa shape index (κ2) is 5.05. The number of amides is 1. The molecule has 1 aliphatic heterocycles. The molecule has 0 unspecified atom stereocenters. The summed E-state index contributed by atoms with van der Waals surface area (Å²) in [6.07, 6.45) is 0.433. The Labute approximate surface area is 110 Å². The summed E-state index contributed by atoms with van der Waals surface area (Å²) in [5, 5.41) is 0. The highest BCUT2D eigenvalue weighted by molar-refractivity contribution is 5.70. The second-order valence-electron chi connectivity index (χ2n) is 6.25. The first-order valence-electron chi connectivity index (χ1n) is 6.50. The number of carbonyl (C=O) groups excluding carboxylic acids is 1. The molecule has 0 aromatic heterocycles. The van der Waals surface area contributed by atoms with Crippen molar-refractivity contribution in [2.45, 2.75) is 71.4 Å². The lowest BCUT2D eigenvalue weighted by molar-refractivity contribution is -0.0632. The Bertz CT molecular complexity index is 310. The van der Waals surface area contributed by atoms with E-state index in [1.807, 2.05) is 41.5 Å². The van der Waals surface area contributed by atoms with E-state index in [1.165, 1.54) is 0 Å². The topological polar surface area (TPSA) is 64.8 Å². The zero-order valence-corrected chi connectivity index (χ0v) is 12.3. The third-order valence-corrected chi connectivity index (χ3v) is 3.07. The summed E-state index contributed by atoms with van der Waals surface area (Å²) < 4.78 is 11.1. The molecule has 5 heteroatoms. The minimum absolute atomic E-state index is 0.0979. The van der Waals surface area contributed by atoms with Crippen LogP contribution in [0.1, 0.15) is 48.0 Å². The highest BCUT2D eigenvalue weighted by Crippen LogP contribution is 2.30. The Morgan fingerprint density at radius 1 is 1.56 bits per heavy atom. The zero-order chi connectivity index (χ0) is 14.1. The van der Waals surface area contributed by atoms with Crippen molar-refractivity contribution in [1.82, 2.24) is 4.90 Å². The maximum absolute atomic E-state index is 12.3. The first kappa shape index (κ1) is 15.2. The second-order valence-corrected chi connectivity index (χ2v) is 6.25. The number of hydrogen-bond donors (Lipinski definition) is 1. The Kier molecular flexibility index (Phi) is 4.28. The molecule has 1 heterocycles. The minimum Gasteiger partial charge on any atom is -0.444 e. The lowest BCUT2D eigenvalue weighted by Gasteiger charge is -2.36. The highest BCUT2D eigenvalue weighted by Gasteiger charge is 2.47. The van der Waals surface area contributed by atoms with E-state index in [-0.39, 0.29) is 18.2 Å². The Hall–Kier alpha value is -0.810. The summed E-state index contributed by atoms with van der Waals surface area (Å²) in [5.74, 6) is 0. The van der Waals surface area contributed by atoms with Crippen molar-refractivity contribution in [3.8, 4) is 0 Å². The molecule has 0 spiro atoms. The van der Waals surface area contributed by atoms with Crippen LogP contribution in [-0.2, 0) is 9.47 Å². The lowest BCUT2D eigenvalue weighted by atomic mass is 10.1. The van der Waals surface area contributed by atoms with Gasteiger partial charge >= 0.3 is 6.09 Å². The molecule has 18 heavy (non-hydrogen) atoms. The SMILES string of the molecule is CC[C@@H](N)[C@@H]1COC(C)(C)N1C(=O)OC(C)(C)C. The summed E-state index contributed by atoms with van der Waals surface area (Å²) in [6.45, 7) is 11.7. The van der Waals surface area contributed by atoms with E-state index in [0.29, 0.717) is 6.61 Å². The number of nitrogens with zero attached hydrogens (tertiary/aromatic N) is 1. The van der Waals surface area contributed by atoms with Crippen LogP contribution in [0.2, 0.25) is 0 Å². The molecule has 1 fully saturated rings. The highest BCUT2D eigenvalue weighted by atomic mass is 16.6. The van der Waals surface area contributed by atoms with E-state index in [4.69, 9.17) is 15.2 Å². The van der Waals surface area contributed by atoms with Crippen LogP contribution in [0.3, 0.4) is 0 Å². The van der Waals surface area contributed by atoms with Crippen molar-refractivity contribution in [1.29, 1.82) is 0 Å². The molecule has 1 rings (SSSR count). The van der Waals surface area contributed by atoms with Crippen LogP contribution in [0.15, 0.2) is 0 Å². The van der Waals surface area contributed by atoms with Crippen molar-refractivity contribution in [3.05, 3.63) is 0 Å². The van der Waals surface area contributed by atoms with Gasteiger partial charge < -0.3 is 15.2 Å². The van der Waals surface area contributed by atoms with Gasteiger partial charge in [-0.3, -0.25) is 4.90 Å². The standard InChI is InChI=1S/C13H26N2O3/c1-7-9(14)10-8-17-13(5,6)15(10)11(16)18-12(2,3)4/h9-10H,7-8,14H2,1-6H3/t9-,10+/m1/s1. The Balaban J connectivity index is 2.88. The summed E-state index contributed by atoms with van der Waals surface area (Å²) in [5.41, 5.74) is 4.88. The van der Waals surface area contributed by atoms with Crippen LogP contribution in [0.25, 0.3) is 0 Å². The van der Waals surface area contributed by atoms with Gasteiger partial charge in [-0.1, -0.05) is 6.92 Å². The quantitative estimate of drug-likeness (QED) is 0.823. The maximum Gasteiger partial charge on any atom is 0.412 e. The Morgan fingerprint density at radius 3 is 2.56 bits per heavy atom. The molecular weight excluding hydrogens is 232 g/mol. The molecular formula is C13H26N2O3. The monoisotopic (exact) mass is 258 g/mol. The lowest BCUT2D eigenvalue weighted by Crippen LogP contribution is -2.55. The van der Waals surface area contributed by atoms with Crippen molar-refractivity contribution < 1.29 is 14.3 Å². The predicted molar refractivity (Wildman–Crippen MR) is 70.2 cm³/mol. The van der Waals surface area contributed by atoms with E-state index >= 15 is 0 Å². The molecule has 0 bridgehead atoms. The first-order chi connectivity index (χ1) is 8.08. The minimum atomic E-state index is -0.667. The van der Waals surface area contributed by atoms with E-state index in [1.54, 1.807) is 4.90 Å². The Morgan fingerprint density at radius 2 is 2.11 bits per heavy atom. The molecule has 2 N–H and O–H groups in total. The fourth-order valence-electron chi connectivity index (χ4n) is 2.09. The van der Waals surface area contributed by atoms with Gasteiger partial charge in [0.1, 0.15) is 11.3 Å². The summed E-state index contributed by atoms with van der Waals surface area (Å²) in [4.78, 5) is 13.9. The predicted octanol–water partition coefficient (Wildman–Crippen LogP) is 2.10. The van der Waals surface area contributed by atoms with Crippen LogP contribution >= 0.6 is 0 Å². The molecule has 0 aromatic rings. The number of nitrogens with two attached hydrogens (primary N) is 1. The molecule has 1 amide bonds. The fourth-order valence-corrected chi connectivity index (χ4v) is 2.09. The van der Waals surface area contributed by atoms with Crippen LogP contribution in [-0.4, -0.2) is 41.0 Å². The molecule has 5 nitrogen and oxygen atoms in total. The van der Waals surface area contributed by atoms with Gasteiger partial charge in [0.2, 0.25) is 0 Å². The van der Waals surface area contributed by atoms with Gasteiger partial charge in [-0.15, -0.1) is 0 Å². The van der Waals surface area contributed by atoms with Crippen LogP contribution in [0, 0.1) is 0 Å². The fraction of sp³-hybridized carbons (Fsp3) is 0.923. The van der Waals surface area contributed by atoms with Crippen LogP contribution in [0.5, 0.6) is 0 Å². The summed E-state index contributed by atoms with van der Waals surface area (Å²) in [7, 11) is 0. The van der Waals surface area contributed by atoms with E-state index in [2.05, 4.69) is 0 Å². The normalized spacial score (nSPS) is 25.1. The summed E-state index contributed by atoms with van der Waals surface area (Å²) >= 11 is 0. The average molecular weight is 258 g/mol. The van der Waals surface area contributed by atoms with Gasteiger partial charge in [0.15, 0.2) is 0 Å². The zero-order valence-electron chi connectivity index (χ0n) is 12.3. The van der Waals surface area contributed by atoms with Gasteiger partial charge in [0.05, 0.1) is 12.6 Å². The van der Waals surface area contributed by atoms with Gasteiger partial charge in [0.25, 0.3) is 0 Å². The number of ether oxygens (including phenoxy) is 2. The maximum atomic E-state index is 12.3. The molecule has 0 aromatic carbocycles. The molecule has 0 aliphatic carbocycles. The van der Waals surface area contributed by atoms with Gasteiger partial charge in [-0.05, 0) is 41.0 Å². The number of rotatable bonds is 2. The van der Waals surface area contributed by atoms with E-state index in [0.717, 1.165) is 6.42 Å². The van der Waals surface area contributed by atoms with Crippen LogP contribution < -0.4 is 5.73 Å². The molecule has 0 radical (unpaired) electrons. The third-order valence-electron chi connectivity index (χ3n) is 3.07.